The van der Waals surface area contributed by atoms with Gasteiger partial charge in [0, 0.05) is 11.1 Å². The van der Waals surface area contributed by atoms with Gasteiger partial charge in [-0.05, 0) is 23.8 Å². The molecule has 110 valence electrons. The maximum atomic E-state index is 13.3. The third-order valence-electron chi connectivity index (χ3n) is 2.69. The Balaban J connectivity index is 1.92. The van der Waals surface area contributed by atoms with Crippen LogP contribution < -0.4 is 0 Å². The molecule has 21 heavy (non-hydrogen) atoms. The maximum Gasteiger partial charge on any atom is 0.263 e. The zero-order valence-corrected chi connectivity index (χ0v) is 10.8. The Labute approximate surface area is 118 Å². The van der Waals surface area contributed by atoms with E-state index in [1.165, 1.54) is 30.5 Å². The summed E-state index contributed by atoms with van der Waals surface area (Å²) >= 11 is 0. The summed E-state index contributed by atoms with van der Waals surface area (Å²) < 4.78 is 50.9. The van der Waals surface area contributed by atoms with Crippen LogP contribution in [0.5, 0.6) is 0 Å². The van der Waals surface area contributed by atoms with E-state index >= 15 is 0 Å². The Morgan fingerprint density at radius 1 is 1.05 bits per heavy atom. The molecule has 0 aliphatic carbocycles. The third kappa shape index (κ3) is 4.30. The Bertz CT molecular complexity index is 626. The molecule has 0 unspecified atom stereocenters. The zero-order valence-electron chi connectivity index (χ0n) is 10.8. The summed E-state index contributed by atoms with van der Waals surface area (Å²) in [6, 6.07) is 8.49. The molecule has 0 atom stereocenters. The predicted molar refractivity (Wildman–Crippen MR) is 70.1 cm³/mol. The molecular weight excluding hydrogens is 286 g/mol. The van der Waals surface area contributed by atoms with E-state index in [0.29, 0.717) is 5.56 Å². The van der Waals surface area contributed by atoms with Gasteiger partial charge in [-0.1, -0.05) is 29.4 Å². The molecule has 0 heterocycles. The molecule has 0 aliphatic rings. The lowest BCUT2D eigenvalue weighted by Crippen LogP contribution is -1.94. The van der Waals surface area contributed by atoms with Crippen LogP contribution in [0.2, 0.25) is 0 Å². The summed E-state index contributed by atoms with van der Waals surface area (Å²) in [5.41, 5.74) is 0.509. The molecule has 2 rings (SSSR count). The fraction of sp³-hybridized carbons (Fsp3) is 0.133. The molecule has 0 spiro atoms. The lowest BCUT2D eigenvalue weighted by Gasteiger charge is -2.02. The summed E-state index contributed by atoms with van der Waals surface area (Å²) in [6.07, 6.45) is -1.23. The number of nitrogens with zero attached hydrogens (tertiary/aromatic N) is 1. The fourth-order valence-electron chi connectivity index (χ4n) is 1.59. The van der Waals surface area contributed by atoms with E-state index in [9.17, 15) is 17.6 Å². The van der Waals surface area contributed by atoms with Crippen molar-refractivity contribution in [1.29, 1.82) is 0 Å². The van der Waals surface area contributed by atoms with Crippen LogP contribution in [0, 0.1) is 11.6 Å². The SMILES string of the molecule is Fc1ccc(F)c(CON=Cc2ccc(C(F)F)cc2)c1. The molecule has 0 saturated heterocycles. The van der Waals surface area contributed by atoms with Crippen LogP contribution in [-0.2, 0) is 11.4 Å². The van der Waals surface area contributed by atoms with Crippen molar-refractivity contribution in [3.8, 4) is 0 Å². The van der Waals surface area contributed by atoms with Gasteiger partial charge in [-0.2, -0.15) is 0 Å². The monoisotopic (exact) mass is 297 g/mol. The molecule has 2 aromatic carbocycles. The average Bonchev–Trinajstić information content (AvgIpc) is 2.47. The van der Waals surface area contributed by atoms with Crippen LogP contribution in [0.15, 0.2) is 47.6 Å². The van der Waals surface area contributed by atoms with E-state index in [1.54, 1.807) is 0 Å². The Hall–Kier alpha value is -2.37. The number of hydrogen-bond acceptors (Lipinski definition) is 2. The first kappa shape index (κ1) is 15.0. The Morgan fingerprint density at radius 3 is 2.43 bits per heavy atom. The Morgan fingerprint density at radius 2 is 1.76 bits per heavy atom. The average molecular weight is 297 g/mol. The van der Waals surface area contributed by atoms with Crippen molar-refractivity contribution in [1.82, 2.24) is 0 Å². The van der Waals surface area contributed by atoms with Gasteiger partial charge in [0.2, 0.25) is 0 Å². The highest BCUT2D eigenvalue weighted by molar-refractivity contribution is 5.79. The van der Waals surface area contributed by atoms with Crippen LogP contribution in [0.3, 0.4) is 0 Å². The molecule has 0 aliphatic heterocycles. The van der Waals surface area contributed by atoms with Crippen molar-refractivity contribution >= 4 is 6.21 Å². The van der Waals surface area contributed by atoms with Gasteiger partial charge in [0.1, 0.15) is 18.2 Å². The second-order valence-corrected chi connectivity index (χ2v) is 4.21. The minimum atomic E-state index is -2.52. The number of hydrogen-bond donors (Lipinski definition) is 0. The van der Waals surface area contributed by atoms with E-state index in [1.807, 2.05) is 0 Å². The zero-order chi connectivity index (χ0) is 15.2. The largest absolute Gasteiger partial charge is 0.391 e. The minimum absolute atomic E-state index is 0.0419. The lowest BCUT2D eigenvalue weighted by atomic mass is 10.1. The summed E-state index contributed by atoms with van der Waals surface area (Å²) in [5, 5.41) is 3.58. The molecule has 0 bridgehead atoms. The van der Waals surface area contributed by atoms with Crippen molar-refractivity contribution in [2.75, 3.05) is 0 Å². The molecule has 0 saturated carbocycles. The standard InChI is InChI=1S/C15H11F4NO/c16-13-5-6-14(17)12(7-13)9-21-20-8-10-1-3-11(4-2-10)15(18)19/h1-8,15H,9H2. The van der Waals surface area contributed by atoms with Crippen molar-refractivity contribution in [2.45, 2.75) is 13.0 Å². The smallest absolute Gasteiger partial charge is 0.263 e. The maximum absolute atomic E-state index is 13.3. The normalized spacial score (nSPS) is 11.3. The van der Waals surface area contributed by atoms with Gasteiger partial charge < -0.3 is 4.84 Å². The number of halogens is 4. The second kappa shape index (κ2) is 6.88. The summed E-state index contributed by atoms with van der Waals surface area (Å²) in [4.78, 5) is 4.85. The van der Waals surface area contributed by atoms with Gasteiger partial charge in [-0.15, -0.1) is 0 Å². The predicted octanol–water partition coefficient (Wildman–Crippen LogP) is 4.45. The van der Waals surface area contributed by atoms with Gasteiger partial charge >= 0.3 is 0 Å². The molecule has 0 N–H and O–H groups in total. The molecule has 2 aromatic rings. The quantitative estimate of drug-likeness (QED) is 0.454. The number of rotatable bonds is 5. The van der Waals surface area contributed by atoms with Gasteiger partial charge in [0.25, 0.3) is 6.43 Å². The van der Waals surface area contributed by atoms with Crippen molar-refractivity contribution in [3.05, 3.63) is 70.8 Å². The van der Waals surface area contributed by atoms with Crippen molar-refractivity contribution in [2.24, 2.45) is 5.16 Å². The summed E-state index contributed by atoms with van der Waals surface area (Å²) in [6.45, 7) is -0.227. The highest BCUT2D eigenvalue weighted by Gasteiger charge is 2.05. The molecule has 0 fully saturated rings. The fourth-order valence-corrected chi connectivity index (χ4v) is 1.59. The first-order chi connectivity index (χ1) is 10.1. The molecule has 0 amide bonds. The second-order valence-electron chi connectivity index (χ2n) is 4.21. The van der Waals surface area contributed by atoms with Crippen LogP contribution >= 0.6 is 0 Å². The highest BCUT2D eigenvalue weighted by Crippen LogP contribution is 2.18. The summed E-state index contributed by atoms with van der Waals surface area (Å²) in [5.74, 6) is -1.16. The van der Waals surface area contributed by atoms with E-state index in [-0.39, 0.29) is 17.7 Å². The van der Waals surface area contributed by atoms with E-state index in [0.717, 1.165) is 18.2 Å². The van der Waals surface area contributed by atoms with E-state index in [2.05, 4.69) is 5.16 Å². The van der Waals surface area contributed by atoms with E-state index in [4.69, 9.17) is 4.84 Å². The number of oxime groups is 1. The minimum Gasteiger partial charge on any atom is -0.391 e. The van der Waals surface area contributed by atoms with Gasteiger partial charge in [0.05, 0.1) is 6.21 Å². The van der Waals surface area contributed by atoms with Crippen LogP contribution in [0.1, 0.15) is 23.1 Å². The molecular formula is C15H11F4NO. The number of benzene rings is 2. The first-order valence-electron chi connectivity index (χ1n) is 6.03. The molecule has 6 heteroatoms. The molecule has 2 nitrogen and oxygen atoms in total. The topological polar surface area (TPSA) is 21.6 Å². The van der Waals surface area contributed by atoms with Gasteiger partial charge in [0.15, 0.2) is 0 Å². The van der Waals surface area contributed by atoms with Crippen LogP contribution in [0.4, 0.5) is 17.6 Å². The van der Waals surface area contributed by atoms with E-state index < -0.39 is 18.1 Å². The van der Waals surface area contributed by atoms with Crippen molar-refractivity contribution in [3.63, 3.8) is 0 Å². The van der Waals surface area contributed by atoms with Crippen molar-refractivity contribution < 1.29 is 22.4 Å². The summed E-state index contributed by atoms with van der Waals surface area (Å²) in [7, 11) is 0. The van der Waals surface area contributed by atoms with Gasteiger partial charge in [-0.3, -0.25) is 0 Å². The third-order valence-corrected chi connectivity index (χ3v) is 2.69. The number of alkyl halides is 2. The molecule has 0 aromatic heterocycles. The lowest BCUT2D eigenvalue weighted by molar-refractivity contribution is 0.129. The Kier molecular flexibility index (Phi) is 4.92. The van der Waals surface area contributed by atoms with Crippen LogP contribution in [-0.4, -0.2) is 6.21 Å². The highest BCUT2D eigenvalue weighted by atomic mass is 19.3. The molecule has 0 radical (unpaired) electrons. The first-order valence-corrected chi connectivity index (χ1v) is 6.03. The van der Waals surface area contributed by atoms with Gasteiger partial charge in [-0.25, -0.2) is 17.6 Å². The van der Waals surface area contributed by atoms with Crippen LogP contribution in [0.25, 0.3) is 0 Å².